The number of ether oxygens (including phenoxy) is 2. The van der Waals surface area contributed by atoms with Crippen LogP contribution < -0.4 is 14.8 Å². The molecule has 2 atom stereocenters. The molecule has 114 valence electrons. The van der Waals surface area contributed by atoms with Gasteiger partial charge in [-0.1, -0.05) is 18.5 Å². The zero-order chi connectivity index (χ0) is 15.1. The topological polar surface area (TPSA) is 50.7 Å². The number of aliphatic hydroxyl groups is 1. The Bertz CT molecular complexity index is 424. The summed E-state index contributed by atoms with van der Waals surface area (Å²) in [6.45, 7) is 7.27. The number of halogens is 1. The Balaban J connectivity index is 2.90. The van der Waals surface area contributed by atoms with Crippen LogP contribution in [0.3, 0.4) is 0 Å². The van der Waals surface area contributed by atoms with Crippen LogP contribution in [0.1, 0.15) is 32.8 Å². The van der Waals surface area contributed by atoms with E-state index in [-0.39, 0.29) is 6.10 Å². The zero-order valence-electron chi connectivity index (χ0n) is 12.6. The Hall–Kier alpha value is -0.970. The highest BCUT2D eigenvalue weighted by Gasteiger charge is 2.17. The summed E-state index contributed by atoms with van der Waals surface area (Å²) in [6.07, 6.45) is 0.143. The lowest BCUT2D eigenvalue weighted by molar-refractivity contribution is 0.0587. The van der Waals surface area contributed by atoms with E-state index in [1.165, 1.54) is 0 Å². The van der Waals surface area contributed by atoms with Gasteiger partial charge < -0.3 is 19.9 Å². The highest BCUT2D eigenvalue weighted by Crippen LogP contribution is 2.37. The SMILES string of the molecule is CCCNCc1cc(Cl)c(OC(C)C(C)O)c(OC)c1. The number of hydrogen-bond donors (Lipinski definition) is 2. The van der Waals surface area contributed by atoms with Gasteiger partial charge in [0, 0.05) is 6.54 Å². The molecule has 0 fully saturated rings. The normalized spacial score (nSPS) is 13.9. The first-order valence-corrected chi connectivity index (χ1v) is 7.29. The Morgan fingerprint density at radius 1 is 1.35 bits per heavy atom. The fourth-order valence-corrected chi connectivity index (χ4v) is 1.96. The molecule has 5 heteroatoms. The third-order valence-corrected chi connectivity index (χ3v) is 3.31. The van der Waals surface area contributed by atoms with E-state index in [0.29, 0.717) is 16.5 Å². The van der Waals surface area contributed by atoms with Crippen molar-refractivity contribution < 1.29 is 14.6 Å². The van der Waals surface area contributed by atoms with E-state index in [9.17, 15) is 5.11 Å². The van der Waals surface area contributed by atoms with Crippen molar-refractivity contribution in [3.05, 3.63) is 22.7 Å². The minimum absolute atomic E-state index is 0.356. The smallest absolute Gasteiger partial charge is 0.180 e. The summed E-state index contributed by atoms with van der Waals surface area (Å²) in [6, 6.07) is 3.76. The highest BCUT2D eigenvalue weighted by atomic mass is 35.5. The van der Waals surface area contributed by atoms with E-state index in [1.54, 1.807) is 21.0 Å². The van der Waals surface area contributed by atoms with Gasteiger partial charge in [-0.05, 0) is 44.5 Å². The van der Waals surface area contributed by atoms with Crippen LogP contribution in [-0.4, -0.2) is 31.0 Å². The van der Waals surface area contributed by atoms with Crippen LogP contribution in [0.25, 0.3) is 0 Å². The molecule has 0 saturated heterocycles. The summed E-state index contributed by atoms with van der Waals surface area (Å²) in [5, 5.41) is 13.3. The Labute approximate surface area is 126 Å². The molecule has 1 rings (SSSR count). The summed E-state index contributed by atoms with van der Waals surface area (Å²) < 4.78 is 11.0. The van der Waals surface area contributed by atoms with Crippen LogP contribution in [0.4, 0.5) is 0 Å². The molecule has 0 aliphatic rings. The molecule has 0 heterocycles. The lowest BCUT2D eigenvalue weighted by atomic mass is 10.2. The molecule has 0 spiro atoms. The second-order valence-corrected chi connectivity index (χ2v) is 5.26. The monoisotopic (exact) mass is 301 g/mol. The molecule has 20 heavy (non-hydrogen) atoms. The Kier molecular flexibility index (Phi) is 7.13. The lowest BCUT2D eigenvalue weighted by Crippen LogP contribution is -2.26. The molecular formula is C15H24ClNO3. The van der Waals surface area contributed by atoms with Crippen molar-refractivity contribution in [2.24, 2.45) is 0 Å². The maximum absolute atomic E-state index is 9.52. The standard InChI is InChI=1S/C15H24ClNO3/c1-5-6-17-9-12-7-13(16)15(14(8-12)19-4)20-11(3)10(2)18/h7-8,10-11,17-18H,5-6,9H2,1-4H3. The molecule has 2 unspecified atom stereocenters. The van der Waals surface area contributed by atoms with Crippen molar-refractivity contribution in [1.82, 2.24) is 5.32 Å². The van der Waals surface area contributed by atoms with E-state index in [1.807, 2.05) is 12.1 Å². The Morgan fingerprint density at radius 3 is 2.60 bits per heavy atom. The van der Waals surface area contributed by atoms with Gasteiger partial charge in [0.15, 0.2) is 11.5 Å². The van der Waals surface area contributed by atoms with E-state index in [0.717, 1.165) is 25.1 Å². The minimum atomic E-state index is -0.582. The predicted octanol–water partition coefficient (Wildman–Crippen LogP) is 3.00. The minimum Gasteiger partial charge on any atom is -0.493 e. The van der Waals surface area contributed by atoms with Gasteiger partial charge >= 0.3 is 0 Å². The van der Waals surface area contributed by atoms with Gasteiger partial charge in [0.05, 0.1) is 18.2 Å². The maximum atomic E-state index is 9.52. The van der Waals surface area contributed by atoms with Crippen molar-refractivity contribution in [1.29, 1.82) is 0 Å². The van der Waals surface area contributed by atoms with Crippen molar-refractivity contribution in [2.45, 2.75) is 45.9 Å². The molecule has 0 radical (unpaired) electrons. The fourth-order valence-electron chi connectivity index (χ4n) is 1.68. The van der Waals surface area contributed by atoms with Crippen LogP contribution in [0.5, 0.6) is 11.5 Å². The predicted molar refractivity (Wildman–Crippen MR) is 81.8 cm³/mol. The Morgan fingerprint density at radius 2 is 2.05 bits per heavy atom. The molecule has 0 aliphatic carbocycles. The van der Waals surface area contributed by atoms with Crippen LogP contribution in [0, 0.1) is 0 Å². The number of aliphatic hydroxyl groups excluding tert-OH is 1. The van der Waals surface area contributed by atoms with Gasteiger partial charge in [-0.2, -0.15) is 0 Å². The average molecular weight is 302 g/mol. The van der Waals surface area contributed by atoms with Crippen LogP contribution in [0.15, 0.2) is 12.1 Å². The van der Waals surface area contributed by atoms with E-state index in [2.05, 4.69) is 12.2 Å². The van der Waals surface area contributed by atoms with Crippen LogP contribution in [0.2, 0.25) is 5.02 Å². The maximum Gasteiger partial charge on any atom is 0.180 e. The molecular weight excluding hydrogens is 278 g/mol. The van der Waals surface area contributed by atoms with Gasteiger partial charge in [-0.15, -0.1) is 0 Å². The number of hydrogen-bond acceptors (Lipinski definition) is 4. The quantitative estimate of drug-likeness (QED) is 0.725. The van der Waals surface area contributed by atoms with E-state index >= 15 is 0 Å². The number of methoxy groups -OCH3 is 1. The highest BCUT2D eigenvalue weighted by molar-refractivity contribution is 6.32. The van der Waals surface area contributed by atoms with Gasteiger partial charge in [-0.25, -0.2) is 0 Å². The third-order valence-electron chi connectivity index (χ3n) is 3.03. The van der Waals surface area contributed by atoms with Crippen LogP contribution >= 0.6 is 11.6 Å². The molecule has 0 aromatic heterocycles. The number of nitrogens with one attached hydrogen (secondary N) is 1. The summed E-state index contributed by atoms with van der Waals surface area (Å²) in [7, 11) is 1.58. The third kappa shape index (κ3) is 4.85. The average Bonchev–Trinajstić information content (AvgIpc) is 2.41. The van der Waals surface area contributed by atoms with Gasteiger partial charge in [0.2, 0.25) is 0 Å². The largest absolute Gasteiger partial charge is 0.493 e. The first-order valence-electron chi connectivity index (χ1n) is 6.91. The molecule has 0 amide bonds. The zero-order valence-corrected chi connectivity index (χ0v) is 13.3. The number of benzene rings is 1. The molecule has 2 N–H and O–H groups in total. The van der Waals surface area contributed by atoms with Crippen molar-refractivity contribution in [2.75, 3.05) is 13.7 Å². The second-order valence-electron chi connectivity index (χ2n) is 4.85. The molecule has 1 aromatic carbocycles. The van der Waals surface area contributed by atoms with Crippen molar-refractivity contribution >= 4 is 11.6 Å². The molecule has 0 bridgehead atoms. The molecule has 4 nitrogen and oxygen atoms in total. The van der Waals surface area contributed by atoms with Gasteiger partial charge in [0.25, 0.3) is 0 Å². The fraction of sp³-hybridized carbons (Fsp3) is 0.600. The van der Waals surface area contributed by atoms with E-state index < -0.39 is 6.10 Å². The van der Waals surface area contributed by atoms with Gasteiger partial charge in [-0.3, -0.25) is 0 Å². The van der Waals surface area contributed by atoms with E-state index in [4.69, 9.17) is 21.1 Å². The molecule has 0 aliphatic heterocycles. The summed E-state index contributed by atoms with van der Waals surface area (Å²) >= 11 is 6.26. The van der Waals surface area contributed by atoms with Crippen molar-refractivity contribution in [3.8, 4) is 11.5 Å². The summed E-state index contributed by atoms with van der Waals surface area (Å²) in [5.41, 5.74) is 1.04. The lowest BCUT2D eigenvalue weighted by Gasteiger charge is -2.20. The van der Waals surface area contributed by atoms with Crippen molar-refractivity contribution in [3.63, 3.8) is 0 Å². The first-order chi connectivity index (χ1) is 9.49. The summed E-state index contributed by atoms with van der Waals surface area (Å²) in [4.78, 5) is 0. The molecule has 1 aromatic rings. The van der Waals surface area contributed by atoms with Crippen LogP contribution in [-0.2, 0) is 6.54 Å². The number of rotatable bonds is 8. The first kappa shape index (κ1) is 17.1. The second kappa shape index (κ2) is 8.35. The molecule has 0 saturated carbocycles. The summed E-state index contributed by atoms with van der Waals surface area (Å²) in [5.74, 6) is 1.06. The van der Waals surface area contributed by atoms with Gasteiger partial charge in [0.1, 0.15) is 6.10 Å².